The van der Waals surface area contributed by atoms with Crippen molar-refractivity contribution in [1.29, 1.82) is 0 Å². The SMILES string of the molecule is CCNC(=O)c1ccc2[nH]ncc2c1. The minimum Gasteiger partial charge on any atom is -0.352 e. The van der Waals surface area contributed by atoms with E-state index in [1.165, 1.54) is 0 Å². The monoisotopic (exact) mass is 189 g/mol. The zero-order valence-electron chi connectivity index (χ0n) is 7.87. The van der Waals surface area contributed by atoms with Crippen molar-refractivity contribution < 1.29 is 4.79 Å². The number of rotatable bonds is 2. The van der Waals surface area contributed by atoms with E-state index in [2.05, 4.69) is 15.5 Å². The Bertz CT molecular complexity index is 461. The van der Waals surface area contributed by atoms with Gasteiger partial charge in [0, 0.05) is 17.5 Å². The Morgan fingerprint density at radius 3 is 3.21 bits per heavy atom. The van der Waals surface area contributed by atoms with E-state index in [1.54, 1.807) is 12.3 Å². The predicted octanol–water partition coefficient (Wildman–Crippen LogP) is 1.31. The number of nitrogens with one attached hydrogen (secondary N) is 2. The average Bonchev–Trinajstić information content (AvgIpc) is 2.64. The van der Waals surface area contributed by atoms with E-state index in [-0.39, 0.29) is 5.91 Å². The first-order chi connectivity index (χ1) is 6.81. The fourth-order valence-corrected chi connectivity index (χ4v) is 1.35. The lowest BCUT2D eigenvalue weighted by atomic mass is 10.1. The molecule has 1 heterocycles. The summed E-state index contributed by atoms with van der Waals surface area (Å²) in [5.74, 6) is -0.0457. The fraction of sp³-hybridized carbons (Fsp3) is 0.200. The lowest BCUT2D eigenvalue weighted by Gasteiger charge is -2.01. The fourth-order valence-electron chi connectivity index (χ4n) is 1.35. The van der Waals surface area contributed by atoms with Gasteiger partial charge in [-0.2, -0.15) is 5.10 Å². The van der Waals surface area contributed by atoms with Gasteiger partial charge in [0.25, 0.3) is 5.91 Å². The number of benzene rings is 1. The Labute approximate surface area is 81.3 Å². The van der Waals surface area contributed by atoms with Gasteiger partial charge < -0.3 is 5.32 Å². The van der Waals surface area contributed by atoms with Crippen LogP contribution in [0.25, 0.3) is 10.9 Å². The molecule has 0 spiro atoms. The largest absolute Gasteiger partial charge is 0.352 e. The van der Waals surface area contributed by atoms with E-state index in [0.29, 0.717) is 12.1 Å². The third kappa shape index (κ3) is 1.46. The molecular formula is C10H11N3O. The molecule has 0 atom stereocenters. The number of nitrogens with zero attached hydrogens (tertiary/aromatic N) is 1. The highest BCUT2D eigenvalue weighted by Gasteiger charge is 2.04. The van der Waals surface area contributed by atoms with Crippen LogP contribution in [0.5, 0.6) is 0 Å². The molecule has 4 nitrogen and oxygen atoms in total. The summed E-state index contributed by atoms with van der Waals surface area (Å²) in [4.78, 5) is 11.5. The van der Waals surface area contributed by atoms with Gasteiger partial charge in [0.15, 0.2) is 0 Å². The Balaban J connectivity index is 2.38. The standard InChI is InChI=1S/C10H11N3O/c1-2-11-10(14)7-3-4-9-8(5-7)6-12-13-9/h3-6H,2H2,1H3,(H,11,14)(H,12,13). The van der Waals surface area contributed by atoms with Crippen LogP contribution in [0.3, 0.4) is 0 Å². The molecule has 2 N–H and O–H groups in total. The van der Waals surface area contributed by atoms with Gasteiger partial charge in [0.2, 0.25) is 0 Å². The number of amides is 1. The molecule has 2 rings (SSSR count). The van der Waals surface area contributed by atoms with Crippen molar-refractivity contribution in [2.24, 2.45) is 0 Å². The lowest BCUT2D eigenvalue weighted by Crippen LogP contribution is -2.22. The highest BCUT2D eigenvalue weighted by molar-refractivity contribution is 5.97. The van der Waals surface area contributed by atoms with Gasteiger partial charge in [-0.3, -0.25) is 9.89 Å². The molecule has 0 bridgehead atoms. The first-order valence-corrected chi connectivity index (χ1v) is 4.52. The number of carbonyl (C=O) groups is 1. The summed E-state index contributed by atoms with van der Waals surface area (Å²) in [6.07, 6.45) is 1.71. The highest BCUT2D eigenvalue weighted by Crippen LogP contribution is 2.12. The molecule has 14 heavy (non-hydrogen) atoms. The molecule has 72 valence electrons. The number of hydrogen-bond acceptors (Lipinski definition) is 2. The maximum absolute atomic E-state index is 11.5. The number of fused-ring (bicyclic) bond motifs is 1. The third-order valence-corrected chi connectivity index (χ3v) is 2.04. The summed E-state index contributed by atoms with van der Waals surface area (Å²) < 4.78 is 0. The van der Waals surface area contributed by atoms with E-state index in [9.17, 15) is 4.79 Å². The summed E-state index contributed by atoms with van der Waals surface area (Å²) in [6, 6.07) is 5.46. The molecule has 4 heteroatoms. The molecule has 0 saturated heterocycles. The Morgan fingerprint density at radius 1 is 1.57 bits per heavy atom. The second kappa shape index (κ2) is 3.49. The zero-order valence-corrected chi connectivity index (χ0v) is 7.87. The first kappa shape index (κ1) is 8.74. The van der Waals surface area contributed by atoms with Gasteiger partial charge in [0.1, 0.15) is 0 Å². The van der Waals surface area contributed by atoms with E-state index in [0.717, 1.165) is 10.9 Å². The van der Waals surface area contributed by atoms with Crippen molar-refractivity contribution in [2.45, 2.75) is 6.92 Å². The van der Waals surface area contributed by atoms with Crippen molar-refractivity contribution >= 4 is 16.8 Å². The van der Waals surface area contributed by atoms with Crippen molar-refractivity contribution in [3.63, 3.8) is 0 Å². The van der Waals surface area contributed by atoms with Crippen molar-refractivity contribution in [1.82, 2.24) is 15.5 Å². The van der Waals surface area contributed by atoms with E-state index >= 15 is 0 Å². The maximum Gasteiger partial charge on any atom is 0.251 e. The summed E-state index contributed by atoms with van der Waals surface area (Å²) in [6.45, 7) is 2.54. The van der Waals surface area contributed by atoms with Gasteiger partial charge in [-0.25, -0.2) is 0 Å². The van der Waals surface area contributed by atoms with Gasteiger partial charge in [-0.1, -0.05) is 0 Å². The number of aromatic amines is 1. The quantitative estimate of drug-likeness (QED) is 0.748. The highest BCUT2D eigenvalue weighted by atomic mass is 16.1. The third-order valence-electron chi connectivity index (χ3n) is 2.04. The van der Waals surface area contributed by atoms with Gasteiger partial charge in [-0.15, -0.1) is 0 Å². The van der Waals surface area contributed by atoms with Crippen LogP contribution in [-0.4, -0.2) is 22.6 Å². The van der Waals surface area contributed by atoms with Gasteiger partial charge >= 0.3 is 0 Å². The minimum atomic E-state index is -0.0457. The summed E-state index contributed by atoms with van der Waals surface area (Å²) in [5, 5.41) is 10.4. The van der Waals surface area contributed by atoms with Crippen LogP contribution in [0, 0.1) is 0 Å². The Kier molecular flexibility index (Phi) is 2.18. The minimum absolute atomic E-state index is 0.0457. The Morgan fingerprint density at radius 2 is 2.43 bits per heavy atom. The number of aromatic nitrogens is 2. The molecule has 0 unspecified atom stereocenters. The second-order valence-electron chi connectivity index (χ2n) is 3.03. The van der Waals surface area contributed by atoms with Crippen LogP contribution < -0.4 is 5.32 Å². The van der Waals surface area contributed by atoms with E-state index < -0.39 is 0 Å². The normalized spacial score (nSPS) is 10.4. The lowest BCUT2D eigenvalue weighted by molar-refractivity contribution is 0.0956. The van der Waals surface area contributed by atoms with E-state index in [4.69, 9.17) is 0 Å². The summed E-state index contributed by atoms with van der Waals surface area (Å²) in [5.41, 5.74) is 1.61. The first-order valence-electron chi connectivity index (χ1n) is 4.52. The zero-order chi connectivity index (χ0) is 9.97. The Hall–Kier alpha value is -1.84. The van der Waals surface area contributed by atoms with Crippen LogP contribution in [0.15, 0.2) is 24.4 Å². The van der Waals surface area contributed by atoms with Crippen LogP contribution in [0.1, 0.15) is 17.3 Å². The molecule has 0 aliphatic heterocycles. The number of carbonyl (C=O) groups excluding carboxylic acids is 1. The molecule has 0 radical (unpaired) electrons. The van der Waals surface area contributed by atoms with E-state index in [1.807, 2.05) is 19.1 Å². The van der Waals surface area contributed by atoms with Crippen LogP contribution in [0.2, 0.25) is 0 Å². The number of hydrogen-bond donors (Lipinski definition) is 2. The maximum atomic E-state index is 11.5. The van der Waals surface area contributed by atoms with Crippen LogP contribution >= 0.6 is 0 Å². The molecule has 1 amide bonds. The molecule has 0 aliphatic carbocycles. The van der Waals surface area contributed by atoms with Gasteiger partial charge in [-0.05, 0) is 25.1 Å². The smallest absolute Gasteiger partial charge is 0.251 e. The molecule has 0 fully saturated rings. The average molecular weight is 189 g/mol. The van der Waals surface area contributed by atoms with Gasteiger partial charge in [0.05, 0.1) is 11.7 Å². The summed E-state index contributed by atoms with van der Waals surface area (Å²) >= 11 is 0. The molecule has 0 aliphatic rings. The number of H-pyrrole nitrogens is 1. The predicted molar refractivity (Wildman–Crippen MR) is 54.1 cm³/mol. The molecule has 1 aromatic carbocycles. The van der Waals surface area contributed by atoms with Crippen molar-refractivity contribution in [3.05, 3.63) is 30.0 Å². The van der Waals surface area contributed by atoms with Crippen molar-refractivity contribution in [2.75, 3.05) is 6.54 Å². The molecular weight excluding hydrogens is 178 g/mol. The molecule has 0 saturated carbocycles. The van der Waals surface area contributed by atoms with Crippen molar-refractivity contribution in [3.8, 4) is 0 Å². The topological polar surface area (TPSA) is 57.8 Å². The summed E-state index contributed by atoms with van der Waals surface area (Å²) in [7, 11) is 0. The molecule has 2 aromatic rings. The van der Waals surface area contributed by atoms with Crippen LogP contribution in [-0.2, 0) is 0 Å². The van der Waals surface area contributed by atoms with Crippen LogP contribution in [0.4, 0.5) is 0 Å². The molecule has 1 aromatic heterocycles. The second-order valence-corrected chi connectivity index (χ2v) is 3.03.